The molecule has 4 aliphatic rings. The fourth-order valence-electron chi connectivity index (χ4n) is 7.40. The number of carbonyl (C=O) groups is 3. The molecule has 2 saturated carbocycles. The number of fused-ring (bicyclic) bond motifs is 1. The zero-order valence-corrected chi connectivity index (χ0v) is 25.4. The zero-order valence-electron chi connectivity index (χ0n) is 24.6. The summed E-state index contributed by atoms with van der Waals surface area (Å²) in [5.74, 6) is -1.89. The predicted octanol–water partition coefficient (Wildman–Crippen LogP) is 4.79. The topological polar surface area (TPSA) is 118 Å². The number of carbonyl (C=O) groups excluding carboxylic acids is 2. The largest absolute Gasteiger partial charge is 0.487 e. The molecule has 2 aliphatic carbocycles. The van der Waals surface area contributed by atoms with Gasteiger partial charge in [-0.2, -0.15) is 13.2 Å². The third kappa shape index (κ3) is 5.30. The Balaban J connectivity index is 1.38. The number of carboxylic acid groups (broad SMARTS) is 1. The number of rotatable bonds is 7. The van der Waals surface area contributed by atoms with E-state index in [0.29, 0.717) is 59.5 Å². The molecule has 1 aromatic carbocycles. The van der Waals surface area contributed by atoms with Gasteiger partial charge in [0.2, 0.25) is 11.8 Å². The van der Waals surface area contributed by atoms with Crippen molar-refractivity contribution in [2.75, 3.05) is 19.6 Å². The van der Waals surface area contributed by atoms with Crippen molar-refractivity contribution in [3.8, 4) is 5.75 Å². The second kappa shape index (κ2) is 10.9. The molecule has 14 heteroatoms. The van der Waals surface area contributed by atoms with Crippen molar-refractivity contribution >= 4 is 29.4 Å². The Labute approximate surface area is 257 Å². The molecule has 2 amide bonds. The molecule has 2 aliphatic heterocycles. The minimum Gasteiger partial charge on any atom is -0.487 e. The lowest BCUT2D eigenvalue weighted by Gasteiger charge is -2.45. The van der Waals surface area contributed by atoms with E-state index >= 15 is 0 Å². The van der Waals surface area contributed by atoms with Crippen LogP contribution >= 0.6 is 11.6 Å². The van der Waals surface area contributed by atoms with E-state index < -0.39 is 47.5 Å². The highest BCUT2D eigenvalue weighted by Crippen LogP contribution is 2.54. The first-order chi connectivity index (χ1) is 20.7. The van der Waals surface area contributed by atoms with E-state index in [1.807, 2.05) is 0 Å². The number of aryl methyl sites for hydroxylation is 1. The highest BCUT2D eigenvalue weighted by atomic mass is 35.5. The summed E-state index contributed by atoms with van der Waals surface area (Å²) in [6.07, 6.45) is 0.216. The van der Waals surface area contributed by atoms with Crippen molar-refractivity contribution in [3.05, 3.63) is 39.7 Å². The SMILES string of the molecule is Cn1nnc(COc2ccc(Cl)c3c2[C@@H](CN2CC4(CC4)CC2=O)N(C(=O)[C@@H]2CCCC[C@]2(C)C(=O)O)CC3)c1C(F)(F)F. The van der Waals surface area contributed by atoms with Crippen LogP contribution in [-0.2, 0) is 40.6 Å². The van der Waals surface area contributed by atoms with E-state index in [-0.39, 0.29) is 36.1 Å². The van der Waals surface area contributed by atoms with Crippen molar-refractivity contribution in [2.45, 2.75) is 77.1 Å². The number of aliphatic carboxylic acids is 1. The van der Waals surface area contributed by atoms with Gasteiger partial charge < -0.3 is 19.6 Å². The summed E-state index contributed by atoms with van der Waals surface area (Å²) in [5.41, 5.74) is -1.50. The quantitative estimate of drug-likeness (QED) is 0.464. The number of hydrogen-bond donors (Lipinski definition) is 1. The normalized spacial score (nSPS) is 26.2. The van der Waals surface area contributed by atoms with Crippen molar-refractivity contribution < 1.29 is 37.4 Å². The van der Waals surface area contributed by atoms with Gasteiger partial charge in [0.05, 0.1) is 17.4 Å². The van der Waals surface area contributed by atoms with E-state index in [2.05, 4.69) is 10.3 Å². The third-order valence-electron chi connectivity index (χ3n) is 10.1. The van der Waals surface area contributed by atoms with Crippen LogP contribution in [0.25, 0.3) is 0 Å². The summed E-state index contributed by atoms with van der Waals surface area (Å²) in [7, 11) is 1.15. The maximum absolute atomic E-state index is 14.4. The molecule has 0 bridgehead atoms. The number of halogens is 4. The summed E-state index contributed by atoms with van der Waals surface area (Å²) in [6, 6.07) is 2.43. The van der Waals surface area contributed by atoms with Gasteiger partial charge in [-0.05, 0) is 62.1 Å². The number of amides is 2. The van der Waals surface area contributed by atoms with Gasteiger partial charge >= 0.3 is 12.1 Å². The summed E-state index contributed by atoms with van der Waals surface area (Å²) >= 11 is 6.66. The first-order valence-electron chi connectivity index (χ1n) is 15.0. The number of alkyl halides is 3. The van der Waals surface area contributed by atoms with Crippen LogP contribution in [0.1, 0.15) is 80.4 Å². The van der Waals surface area contributed by atoms with Crippen LogP contribution in [0.2, 0.25) is 5.02 Å². The van der Waals surface area contributed by atoms with E-state index in [1.54, 1.807) is 28.9 Å². The molecule has 1 N–H and O–H groups in total. The van der Waals surface area contributed by atoms with Gasteiger partial charge in [0, 0.05) is 43.7 Å². The third-order valence-corrected chi connectivity index (χ3v) is 10.5. The molecule has 0 unspecified atom stereocenters. The second-order valence-electron chi connectivity index (χ2n) is 13.0. The van der Waals surface area contributed by atoms with Crippen molar-refractivity contribution in [1.29, 1.82) is 0 Å². The summed E-state index contributed by atoms with van der Waals surface area (Å²) in [5, 5.41) is 17.8. The summed E-state index contributed by atoms with van der Waals surface area (Å²) in [6.45, 7) is 2.03. The number of hydrogen-bond acceptors (Lipinski definition) is 6. The van der Waals surface area contributed by atoms with E-state index in [1.165, 1.54) is 0 Å². The average molecular weight is 638 g/mol. The minimum absolute atomic E-state index is 0.0195. The lowest BCUT2D eigenvalue weighted by molar-refractivity contribution is -0.162. The Morgan fingerprint density at radius 3 is 2.61 bits per heavy atom. The highest BCUT2D eigenvalue weighted by molar-refractivity contribution is 6.31. The van der Waals surface area contributed by atoms with E-state index in [9.17, 15) is 32.7 Å². The van der Waals surface area contributed by atoms with Gasteiger partial charge in [-0.15, -0.1) is 5.10 Å². The number of aromatic nitrogens is 3. The molecular formula is C30H35ClF3N5O5. The molecule has 1 saturated heterocycles. The molecule has 3 fully saturated rings. The Bertz CT molecular complexity index is 1510. The summed E-state index contributed by atoms with van der Waals surface area (Å²) < 4.78 is 47.8. The molecule has 3 atom stereocenters. The van der Waals surface area contributed by atoms with Crippen LogP contribution in [0, 0.1) is 16.7 Å². The van der Waals surface area contributed by atoms with E-state index in [4.69, 9.17) is 16.3 Å². The second-order valence-corrected chi connectivity index (χ2v) is 13.4. The van der Waals surface area contributed by atoms with Crippen LogP contribution in [0.4, 0.5) is 13.2 Å². The molecule has 0 radical (unpaired) electrons. The maximum atomic E-state index is 14.4. The van der Waals surface area contributed by atoms with Gasteiger partial charge in [-0.25, -0.2) is 4.68 Å². The number of likely N-dealkylation sites (tertiary alicyclic amines) is 1. The molecule has 10 nitrogen and oxygen atoms in total. The van der Waals surface area contributed by atoms with E-state index in [0.717, 1.165) is 26.3 Å². The molecule has 238 valence electrons. The first-order valence-corrected chi connectivity index (χ1v) is 15.3. The van der Waals surface area contributed by atoms with Crippen LogP contribution in [0.15, 0.2) is 12.1 Å². The maximum Gasteiger partial charge on any atom is 0.435 e. The number of nitrogens with zero attached hydrogens (tertiary/aromatic N) is 5. The van der Waals surface area contributed by atoms with Crippen molar-refractivity contribution in [1.82, 2.24) is 24.8 Å². The van der Waals surface area contributed by atoms with Crippen molar-refractivity contribution in [2.24, 2.45) is 23.8 Å². The summed E-state index contributed by atoms with van der Waals surface area (Å²) in [4.78, 5) is 43.3. The highest BCUT2D eigenvalue weighted by Gasteiger charge is 2.54. The van der Waals surface area contributed by atoms with Crippen LogP contribution < -0.4 is 4.74 Å². The fourth-order valence-corrected chi connectivity index (χ4v) is 7.66. The Morgan fingerprint density at radius 2 is 1.95 bits per heavy atom. The number of benzene rings is 1. The van der Waals surface area contributed by atoms with Crippen molar-refractivity contribution in [3.63, 3.8) is 0 Å². The van der Waals surface area contributed by atoms with Gasteiger partial charge in [0.25, 0.3) is 0 Å². The molecule has 44 heavy (non-hydrogen) atoms. The minimum atomic E-state index is -4.70. The Hall–Kier alpha value is -3.35. The lowest BCUT2D eigenvalue weighted by Crippen LogP contribution is -2.52. The standard InChI is InChI=1S/C30H35ClF3N5O5/c1-28(27(42)43)9-4-3-5-18(28)26(41)39-12-8-17-19(31)6-7-22(44-15-20-25(30(32,33)34)37(2)36-35-20)24(17)21(39)14-38-16-29(10-11-29)13-23(38)40/h6-7,18,21H,3-5,8-16H2,1-2H3,(H,42,43)/t18-,21+,28-/m0/s1. The number of ether oxygens (including phenoxy) is 1. The Kier molecular flexibility index (Phi) is 7.61. The molecule has 1 aromatic heterocycles. The molecule has 2 aromatic rings. The monoisotopic (exact) mass is 637 g/mol. The first kappa shape index (κ1) is 30.7. The van der Waals surface area contributed by atoms with Crippen LogP contribution in [-0.4, -0.2) is 67.3 Å². The molecular weight excluding hydrogens is 603 g/mol. The molecule has 6 rings (SSSR count). The predicted molar refractivity (Wildman–Crippen MR) is 151 cm³/mol. The number of carboxylic acids is 1. The van der Waals surface area contributed by atoms with Gasteiger partial charge in [0.15, 0.2) is 5.69 Å². The molecule has 1 spiro atoms. The van der Waals surface area contributed by atoms with Gasteiger partial charge in [0.1, 0.15) is 18.1 Å². The molecule has 3 heterocycles. The van der Waals surface area contributed by atoms with Crippen LogP contribution in [0.5, 0.6) is 5.75 Å². The smallest absolute Gasteiger partial charge is 0.435 e. The average Bonchev–Trinajstić information content (AvgIpc) is 3.48. The lowest BCUT2D eigenvalue weighted by atomic mass is 9.66. The fraction of sp³-hybridized carbons (Fsp3) is 0.633. The Morgan fingerprint density at radius 1 is 1.20 bits per heavy atom. The van der Waals surface area contributed by atoms with Gasteiger partial charge in [-0.1, -0.05) is 29.7 Å². The van der Waals surface area contributed by atoms with Gasteiger partial charge in [-0.3, -0.25) is 14.4 Å². The zero-order chi connectivity index (χ0) is 31.6. The van der Waals surface area contributed by atoms with Crippen LogP contribution in [0.3, 0.4) is 0 Å².